The monoisotopic (exact) mass is 236 g/mol. The van der Waals surface area contributed by atoms with Crippen molar-refractivity contribution in [1.29, 1.82) is 5.26 Å². The van der Waals surface area contributed by atoms with Gasteiger partial charge in [0.15, 0.2) is 0 Å². The molecule has 0 radical (unpaired) electrons. The van der Waals surface area contributed by atoms with Gasteiger partial charge < -0.3 is 10.0 Å². The molecular weight excluding hydrogens is 223 g/mol. The van der Waals surface area contributed by atoms with Crippen molar-refractivity contribution in [1.82, 2.24) is 4.90 Å². The van der Waals surface area contributed by atoms with E-state index >= 15 is 0 Å². The van der Waals surface area contributed by atoms with Gasteiger partial charge in [-0.25, -0.2) is 4.39 Å². The maximum absolute atomic E-state index is 13.0. The highest BCUT2D eigenvalue weighted by Gasteiger charge is 2.06. The van der Waals surface area contributed by atoms with Gasteiger partial charge in [0.2, 0.25) is 0 Å². The highest BCUT2D eigenvalue weighted by molar-refractivity contribution is 5.66. The van der Waals surface area contributed by atoms with Gasteiger partial charge in [0.05, 0.1) is 12.0 Å². The number of carbonyl (C=O) groups is 1. The van der Waals surface area contributed by atoms with Crippen molar-refractivity contribution >= 4 is 5.97 Å². The predicted octanol–water partition coefficient (Wildman–Crippen LogP) is 1.60. The smallest absolute Gasteiger partial charge is 0.304 e. The number of carboxylic acid groups (broad SMARTS) is 1. The van der Waals surface area contributed by atoms with Gasteiger partial charge >= 0.3 is 5.97 Å². The summed E-state index contributed by atoms with van der Waals surface area (Å²) in [4.78, 5) is 12.2. The quantitative estimate of drug-likeness (QED) is 0.843. The molecule has 1 N–H and O–H groups in total. The van der Waals surface area contributed by atoms with Gasteiger partial charge in [0, 0.05) is 13.1 Å². The number of hydrogen-bond acceptors (Lipinski definition) is 3. The first-order chi connectivity index (χ1) is 8.02. The molecule has 4 nitrogen and oxygen atoms in total. The second-order valence-corrected chi connectivity index (χ2v) is 3.81. The molecular formula is C12H13FN2O2. The molecule has 17 heavy (non-hydrogen) atoms. The lowest BCUT2D eigenvalue weighted by Crippen LogP contribution is -2.21. The summed E-state index contributed by atoms with van der Waals surface area (Å²) in [6.45, 7) is 0.900. The summed E-state index contributed by atoms with van der Waals surface area (Å²) in [5.74, 6) is -1.39. The molecule has 0 amide bonds. The first-order valence-electron chi connectivity index (χ1n) is 5.12. The molecule has 0 unspecified atom stereocenters. The standard InChI is InChI=1S/C12H13FN2O2/c1-15(5-4-12(16)17)8-9-2-3-11(13)10(6-9)7-14/h2-3,6H,4-5,8H2,1H3,(H,16,17). The Hall–Kier alpha value is -1.93. The molecule has 0 spiro atoms. The van der Waals surface area contributed by atoms with Crippen LogP contribution in [0.4, 0.5) is 4.39 Å². The van der Waals surface area contributed by atoms with Crippen LogP contribution in [0.3, 0.4) is 0 Å². The minimum Gasteiger partial charge on any atom is -0.481 e. The minimum atomic E-state index is -0.853. The van der Waals surface area contributed by atoms with Crippen molar-refractivity contribution in [2.45, 2.75) is 13.0 Å². The third-order valence-corrected chi connectivity index (χ3v) is 2.31. The molecule has 0 aliphatic heterocycles. The largest absolute Gasteiger partial charge is 0.481 e. The zero-order valence-electron chi connectivity index (χ0n) is 9.48. The molecule has 0 saturated heterocycles. The van der Waals surface area contributed by atoms with E-state index in [0.717, 1.165) is 5.56 Å². The van der Waals surface area contributed by atoms with Gasteiger partial charge in [-0.2, -0.15) is 5.26 Å². The van der Waals surface area contributed by atoms with Crippen molar-refractivity contribution < 1.29 is 14.3 Å². The summed E-state index contributed by atoms with van der Waals surface area (Å²) in [7, 11) is 1.78. The molecule has 0 aromatic heterocycles. The van der Waals surface area contributed by atoms with Crippen LogP contribution < -0.4 is 0 Å². The molecule has 0 atom stereocenters. The maximum Gasteiger partial charge on any atom is 0.304 e. The maximum atomic E-state index is 13.0. The van der Waals surface area contributed by atoms with Crippen LogP contribution in [0.25, 0.3) is 0 Å². The van der Waals surface area contributed by atoms with Crippen LogP contribution in [0.1, 0.15) is 17.5 Å². The number of rotatable bonds is 5. The molecule has 0 fully saturated rings. The van der Waals surface area contributed by atoms with E-state index < -0.39 is 11.8 Å². The summed E-state index contributed by atoms with van der Waals surface area (Å²) < 4.78 is 13.0. The molecule has 0 heterocycles. The van der Waals surface area contributed by atoms with Gasteiger partial charge in [0.1, 0.15) is 11.9 Å². The number of hydrogen-bond donors (Lipinski definition) is 1. The molecule has 0 bridgehead atoms. The first-order valence-corrected chi connectivity index (χ1v) is 5.12. The van der Waals surface area contributed by atoms with E-state index in [2.05, 4.69) is 0 Å². The molecule has 5 heteroatoms. The van der Waals surface area contributed by atoms with Crippen LogP contribution in [-0.2, 0) is 11.3 Å². The molecule has 1 rings (SSSR count). The van der Waals surface area contributed by atoms with E-state index in [1.807, 2.05) is 4.90 Å². The van der Waals surface area contributed by atoms with Gasteiger partial charge in [-0.1, -0.05) is 6.07 Å². The Morgan fingerprint density at radius 1 is 1.59 bits per heavy atom. The fourth-order valence-electron chi connectivity index (χ4n) is 1.43. The Labute approximate surface area is 98.9 Å². The first kappa shape index (κ1) is 13.1. The van der Waals surface area contributed by atoms with Gasteiger partial charge in [-0.3, -0.25) is 4.79 Å². The van der Waals surface area contributed by atoms with E-state index in [9.17, 15) is 9.18 Å². The van der Waals surface area contributed by atoms with Gasteiger partial charge in [-0.05, 0) is 24.7 Å². The Morgan fingerprint density at radius 3 is 2.88 bits per heavy atom. The highest BCUT2D eigenvalue weighted by Crippen LogP contribution is 2.11. The Morgan fingerprint density at radius 2 is 2.29 bits per heavy atom. The van der Waals surface area contributed by atoms with E-state index in [0.29, 0.717) is 13.1 Å². The number of carboxylic acids is 1. The fourth-order valence-corrected chi connectivity index (χ4v) is 1.43. The fraction of sp³-hybridized carbons (Fsp3) is 0.333. The van der Waals surface area contributed by atoms with Gasteiger partial charge in [-0.15, -0.1) is 0 Å². The lowest BCUT2D eigenvalue weighted by molar-refractivity contribution is -0.137. The highest BCUT2D eigenvalue weighted by atomic mass is 19.1. The summed E-state index contributed by atoms with van der Waals surface area (Å²) in [5, 5.41) is 17.2. The lowest BCUT2D eigenvalue weighted by Gasteiger charge is -2.15. The van der Waals surface area contributed by atoms with Gasteiger partial charge in [0.25, 0.3) is 0 Å². The third-order valence-electron chi connectivity index (χ3n) is 2.31. The molecule has 0 aliphatic carbocycles. The number of halogens is 1. The van der Waals surface area contributed by atoms with Crippen molar-refractivity contribution in [2.75, 3.05) is 13.6 Å². The summed E-state index contributed by atoms with van der Waals surface area (Å²) in [6.07, 6.45) is 0.0583. The van der Waals surface area contributed by atoms with Crippen molar-refractivity contribution in [3.8, 4) is 6.07 Å². The van der Waals surface area contributed by atoms with E-state index in [1.165, 1.54) is 12.1 Å². The van der Waals surface area contributed by atoms with E-state index in [-0.39, 0.29) is 12.0 Å². The number of benzene rings is 1. The van der Waals surface area contributed by atoms with Crippen molar-refractivity contribution in [3.63, 3.8) is 0 Å². The molecule has 90 valence electrons. The molecule has 0 saturated carbocycles. The molecule has 1 aromatic rings. The normalized spacial score (nSPS) is 10.2. The number of nitrogens with zero attached hydrogens (tertiary/aromatic N) is 2. The Bertz CT molecular complexity index is 454. The van der Waals surface area contributed by atoms with Crippen molar-refractivity contribution in [2.24, 2.45) is 0 Å². The summed E-state index contributed by atoms with van der Waals surface area (Å²) >= 11 is 0. The van der Waals surface area contributed by atoms with Crippen LogP contribution >= 0.6 is 0 Å². The molecule has 0 aliphatic rings. The zero-order valence-corrected chi connectivity index (χ0v) is 9.48. The second-order valence-electron chi connectivity index (χ2n) is 3.81. The van der Waals surface area contributed by atoms with Crippen LogP contribution in [0.2, 0.25) is 0 Å². The zero-order chi connectivity index (χ0) is 12.8. The Kier molecular flexibility index (Phi) is 4.61. The number of nitriles is 1. The topological polar surface area (TPSA) is 64.3 Å². The predicted molar refractivity (Wildman–Crippen MR) is 59.7 cm³/mol. The second kappa shape index (κ2) is 5.97. The van der Waals surface area contributed by atoms with Crippen molar-refractivity contribution in [3.05, 3.63) is 35.1 Å². The average molecular weight is 236 g/mol. The van der Waals surface area contributed by atoms with Crippen LogP contribution in [-0.4, -0.2) is 29.6 Å². The summed E-state index contributed by atoms with van der Waals surface area (Å²) in [5.41, 5.74) is 0.796. The van der Waals surface area contributed by atoms with E-state index in [4.69, 9.17) is 10.4 Å². The third kappa shape index (κ3) is 4.21. The Balaban J connectivity index is 2.63. The number of aliphatic carboxylic acids is 1. The molecule has 1 aromatic carbocycles. The van der Waals surface area contributed by atoms with Crippen LogP contribution in [0.5, 0.6) is 0 Å². The minimum absolute atomic E-state index is 0.00846. The van der Waals surface area contributed by atoms with Crippen LogP contribution in [0, 0.1) is 17.1 Å². The van der Waals surface area contributed by atoms with E-state index in [1.54, 1.807) is 19.2 Å². The summed E-state index contributed by atoms with van der Waals surface area (Å²) in [6, 6.07) is 6.09. The average Bonchev–Trinajstić information content (AvgIpc) is 2.29. The lowest BCUT2D eigenvalue weighted by atomic mass is 10.1. The SMILES string of the molecule is CN(CCC(=O)O)Cc1ccc(F)c(C#N)c1. The van der Waals surface area contributed by atoms with Crippen LogP contribution in [0.15, 0.2) is 18.2 Å².